The highest BCUT2D eigenvalue weighted by atomic mass is 16.4. The largest absolute Gasteiger partial charge is 0.481 e. The fourth-order valence-electron chi connectivity index (χ4n) is 2.08. The summed E-state index contributed by atoms with van der Waals surface area (Å²) in [4.78, 5) is 23.7. The van der Waals surface area contributed by atoms with Gasteiger partial charge in [-0.2, -0.15) is 0 Å². The molecule has 92 valence electrons. The van der Waals surface area contributed by atoms with E-state index in [9.17, 15) is 9.59 Å². The van der Waals surface area contributed by atoms with E-state index < -0.39 is 5.97 Å². The number of carbonyl (C=O) groups excluding carboxylic acids is 1. The first-order valence-corrected chi connectivity index (χ1v) is 5.74. The maximum atomic E-state index is 11.7. The van der Waals surface area contributed by atoms with Crippen LogP contribution in [0.3, 0.4) is 0 Å². The van der Waals surface area contributed by atoms with Gasteiger partial charge < -0.3 is 15.1 Å². The number of amides is 1. The lowest BCUT2D eigenvalue weighted by atomic mass is 9.95. The van der Waals surface area contributed by atoms with Crippen LogP contribution in [0.15, 0.2) is 0 Å². The van der Waals surface area contributed by atoms with Crippen molar-refractivity contribution in [3.05, 3.63) is 0 Å². The van der Waals surface area contributed by atoms with Crippen molar-refractivity contribution in [3.63, 3.8) is 0 Å². The van der Waals surface area contributed by atoms with Crippen molar-refractivity contribution in [1.29, 1.82) is 0 Å². The molecule has 1 atom stereocenters. The van der Waals surface area contributed by atoms with Crippen molar-refractivity contribution in [3.8, 4) is 0 Å². The minimum absolute atomic E-state index is 0.0787. The Hall–Kier alpha value is -1.10. The Morgan fingerprint density at radius 3 is 2.69 bits per heavy atom. The molecule has 2 N–H and O–H groups in total. The number of aliphatic hydroxyl groups excluding tert-OH is 1. The Morgan fingerprint density at radius 2 is 2.06 bits per heavy atom. The van der Waals surface area contributed by atoms with E-state index in [1.165, 1.54) is 0 Å². The van der Waals surface area contributed by atoms with Gasteiger partial charge in [-0.05, 0) is 25.2 Å². The van der Waals surface area contributed by atoms with Crippen LogP contribution in [0, 0.1) is 5.92 Å². The van der Waals surface area contributed by atoms with Gasteiger partial charge in [0.05, 0.1) is 6.42 Å². The predicted molar refractivity (Wildman–Crippen MR) is 57.9 cm³/mol. The van der Waals surface area contributed by atoms with E-state index in [1.807, 2.05) is 0 Å². The van der Waals surface area contributed by atoms with Crippen LogP contribution >= 0.6 is 0 Å². The summed E-state index contributed by atoms with van der Waals surface area (Å²) < 4.78 is 0. The molecule has 0 aromatic heterocycles. The van der Waals surface area contributed by atoms with Crippen LogP contribution in [0.1, 0.15) is 32.1 Å². The second-order valence-corrected chi connectivity index (χ2v) is 4.25. The molecule has 16 heavy (non-hydrogen) atoms. The molecule has 1 aliphatic heterocycles. The van der Waals surface area contributed by atoms with Crippen molar-refractivity contribution in [1.82, 2.24) is 4.90 Å². The Labute approximate surface area is 95.1 Å². The fraction of sp³-hybridized carbons (Fsp3) is 0.818. The van der Waals surface area contributed by atoms with Crippen LogP contribution < -0.4 is 0 Å². The summed E-state index contributed by atoms with van der Waals surface area (Å²) in [6.45, 7) is 1.54. The smallest absolute Gasteiger partial charge is 0.303 e. The molecule has 0 aromatic carbocycles. The van der Waals surface area contributed by atoms with Gasteiger partial charge in [-0.25, -0.2) is 0 Å². The summed E-state index contributed by atoms with van der Waals surface area (Å²) in [7, 11) is 0. The number of likely N-dealkylation sites (tertiary alicyclic amines) is 1. The second kappa shape index (κ2) is 6.48. The molecule has 1 aliphatic rings. The van der Waals surface area contributed by atoms with Gasteiger partial charge in [0.15, 0.2) is 0 Å². The molecule has 0 aliphatic carbocycles. The molecule has 0 aromatic rings. The minimum atomic E-state index is -0.933. The number of piperidine rings is 1. The van der Waals surface area contributed by atoms with Gasteiger partial charge in [0.2, 0.25) is 5.91 Å². The molecule has 0 radical (unpaired) electrons. The Balaban J connectivity index is 2.34. The van der Waals surface area contributed by atoms with E-state index >= 15 is 0 Å². The first-order chi connectivity index (χ1) is 7.63. The van der Waals surface area contributed by atoms with Gasteiger partial charge in [-0.3, -0.25) is 9.59 Å². The van der Waals surface area contributed by atoms with E-state index in [0.717, 1.165) is 25.8 Å². The zero-order valence-electron chi connectivity index (χ0n) is 9.39. The van der Waals surface area contributed by atoms with Gasteiger partial charge in [0.25, 0.3) is 0 Å². The lowest BCUT2D eigenvalue weighted by molar-refractivity contribution is -0.141. The lowest BCUT2D eigenvalue weighted by Gasteiger charge is -2.32. The van der Waals surface area contributed by atoms with Gasteiger partial charge in [-0.15, -0.1) is 0 Å². The van der Waals surface area contributed by atoms with Crippen molar-refractivity contribution >= 4 is 11.9 Å². The van der Waals surface area contributed by atoms with Crippen LogP contribution in [0.4, 0.5) is 0 Å². The topological polar surface area (TPSA) is 77.8 Å². The van der Waals surface area contributed by atoms with Gasteiger partial charge in [0, 0.05) is 26.1 Å². The molecule has 5 heteroatoms. The molecule has 0 bridgehead atoms. The second-order valence-electron chi connectivity index (χ2n) is 4.25. The number of hydrogen-bond acceptors (Lipinski definition) is 3. The van der Waals surface area contributed by atoms with E-state index in [2.05, 4.69) is 0 Å². The van der Waals surface area contributed by atoms with Crippen LogP contribution in [0.2, 0.25) is 0 Å². The molecular weight excluding hydrogens is 210 g/mol. The summed E-state index contributed by atoms with van der Waals surface area (Å²) in [5.41, 5.74) is 0. The van der Waals surface area contributed by atoms with Crippen molar-refractivity contribution in [2.45, 2.75) is 32.1 Å². The van der Waals surface area contributed by atoms with Crippen LogP contribution in [0.25, 0.3) is 0 Å². The van der Waals surface area contributed by atoms with Crippen LogP contribution in [0.5, 0.6) is 0 Å². The molecule has 1 fully saturated rings. The zero-order valence-corrected chi connectivity index (χ0v) is 9.39. The summed E-state index contributed by atoms with van der Waals surface area (Å²) in [5.74, 6) is -0.644. The molecule has 1 saturated heterocycles. The monoisotopic (exact) mass is 229 g/mol. The molecule has 1 unspecified atom stereocenters. The fourth-order valence-corrected chi connectivity index (χ4v) is 2.08. The molecule has 5 nitrogen and oxygen atoms in total. The third-order valence-corrected chi connectivity index (χ3v) is 2.96. The molecule has 1 rings (SSSR count). The zero-order chi connectivity index (χ0) is 12.0. The maximum Gasteiger partial charge on any atom is 0.303 e. The molecule has 1 amide bonds. The average molecular weight is 229 g/mol. The predicted octanol–water partition coefficient (Wildman–Crippen LogP) is 0.472. The number of nitrogens with zero attached hydrogens (tertiary/aromatic N) is 1. The van der Waals surface area contributed by atoms with E-state index in [0.29, 0.717) is 12.5 Å². The lowest BCUT2D eigenvalue weighted by Crippen LogP contribution is -2.40. The Kier molecular flexibility index (Phi) is 5.25. The number of rotatable bonds is 5. The number of carboxylic acid groups (broad SMARTS) is 1. The third kappa shape index (κ3) is 4.18. The molecule has 0 spiro atoms. The van der Waals surface area contributed by atoms with E-state index in [1.54, 1.807) is 4.90 Å². The molecule has 0 saturated carbocycles. The van der Waals surface area contributed by atoms with Crippen LogP contribution in [-0.2, 0) is 9.59 Å². The summed E-state index contributed by atoms with van der Waals surface area (Å²) in [6, 6.07) is 0. The highest BCUT2D eigenvalue weighted by Gasteiger charge is 2.23. The summed E-state index contributed by atoms with van der Waals surface area (Å²) >= 11 is 0. The quantitative estimate of drug-likeness (QED) is 0.718. The highest BCUT2D eigenvalue weighted by Crippen LogP contribution is 2.19. The number of carbonyl (C=O) groups is 2. The standard InChI is InChI=1S/C11H19NO4/c13-7-5-9-2-1-6-12(8-9)10(14)3-4-11(15)16/h9,13H,1-8H2,(H,15,16). The maximum absolute atomic E-state index is 11.7. The number of aliphatic hydroxyl groups is 1. The summed E-state index contributed by atoms with van der Waals surface area (Å²) in [5, 5.41) is 17.3. The van der Waals surface area contributed by atoms with E-state index in [4.69, 9.17) is 10.2 Å². The Bertz CT molecular complexity index is 252. The van der Waals surface area contributed by atoms with Crippen LogP contribution in [-0.4, -0.2) is 46.7 Å². The SMILES string of the molecule is O=C(O)CCC(=O)N1CCCC(CCO)C1. The average Bonchev–Trinajstić information content (AvgIpc) is 2.26. The van der Waals surface area contributed by atoms with Gasteiger partial charge >= 0.3 is 5.97 Å². The summed E-state index contributed by atoms with van der Waals surface area (Å²) in [6.07, 6.45) is 2.70. The van der Waals surface area contributed by atoms with Gasteiger partial charge in [0.1, 0.15) is 0 Å². The van der Waals surface area contributed by atoms with Crippen molar-refractivity contribution in [2.75, 3.05) is 19.7 Å². The molecular formula is C11H19NO4. The van der Waals surface area contributed by atoms with E-state index in [-0.39, 0.29) is 25.4 Å². The third-order valence-electron chi connectivity index (χ3n) is 2.96. The first kappa shape index (κ1) is 13.0. The normalized spacial score (nSPS) is 20.8. The first-order valence-electron chi connectivity index (χ1n) is 5.74. The van der Waals surface area contributed by atoms with Crippen molar-refractivity contribution in [2.24, 2.45) is 5.92 Å². The number of carboxylic acids is 1. The Morgan fingerprint density at radius 1 is 1.31 bits per heavy atom. The highest BCUT2D eigenvalue weighted by molar-refractivity contribution is 5.80. The number of hydrogen-bond donors (Lipinski definition) is 2. The van der Waals surface area contributed by atoms with Gasteiger partial charge in [-0.1, -0.05) is 0 Å². The minimum Gasteiger partial charge on any atom is -0.481 e. The van der Waals surface area contributed by atoms with Crippen molar-refractivity contribution < 1.29 is 19.8 Å². The number of aliphatic carboxylic acids is 1. The molecule has 1 heterocycles.